The molecule has 2 saturated heterocycles. The van der Waals surface area contributed by atoms with Crippen molar-refractivity contribution in [2.75, 3.05) is 32.9 Å². The van der Waals surface area contributed by atoms with E-state index < -0.39 is 0 Å². The third kappa shape index (κ3) is 2.66. The topological polar surface area (TPSA) is 30.9 Å². The molecule has 2 fully saturated rings. The van der Waals surface area contributed by atoms with Gasteiger partial charge in [-0.15, -0.1) is 0 Å². The molecule has 3 heterocycles. The number of piperidine rings is 1. The third-order valence-corrected chi connectivity index (χ3v) is 4.87. The summed E-state index contributed by atoms with van der Waals surface area (Å²) in [5.74, 6) is 0.747. The Labute approximate surface area is 129 Å². The van der Waals surface area contributed by atoms with Gasteiger partial charge in [-0.2, -0.15) is 0 Å². The first kappa shape index (κ1) is 13.8. The highest BCUT2D eigenvalue weighted by atomic mass is 35.5. The summed E-state index contributed by atoms with van der Waals surface area (Å²) in [6.07, 6.45) is 2.85. The SMILES string of the molecule is Clc1cc2c(c(CN3CCC4(CC3)OCCO4)c1)OCC2. The Morgan fingerprint density at radius 1 is 1.10 bits per heavy atom. The molecule has 4 nitrogen and oxygen atoms in total. The van der Waals surface area contributed by atoms with Crippen molar-refractivity contribution in [1.29, 1.82) is 0 Å². The highest BCUT2D eigenvalue weighted by Gasteiger charge is 2.39. The Kier molecular flexibility index (Phi) is 3.58. The molecule has 0 radical (unpaired) electrons. The number of ether oxygens (including phenoxy) is 3. The van der Waals surface area contributed by atoms with Crippen LogP contribution in [-0.4, -0.2) is 43.6 Å². The molecule has 0 aromatic heterocycles. The van der Waals surface area contributed by atoms with Crippen LogP contribution in [0.15, 0.2) is 12.1 Å². The van der Waals surface area contributed by atoms with Gasteiger partial charge in [-0.3, -0.25) is 4.90 Å². The minimum atomic E-state index is -0.302. The second kappa shape index (κ2) is 5.43. The van der Waals surface area contributed by atoms with Gasteiger partial charge in [-0.05, 0) is 17.7 Å². The average Bonchev–Trinajstić information content (AvgIpc) is 3.11. The van der Waals surface area contributed by atoms with Crippen LogP contribution in [0, 0.1) is 0 Å². The van der Waals surface area contributed by atoms with Crippen LogP contribution in [-0.2, 0) is 22.4 Å². The van der Waals surface area contributed by atoms with E-state index in [4.69, 9.17) is 25.8 Å². The fraction of sp³-hybridized carbons (Fsp3) is 0.625. The van der Waals surface area contributed by atoms with E-state index in [1.54, 1.807) is 0 Å². The van der Waals surface area contributed by atoms with E-state index in [9.17, 15) is 0 Å². The molecule has 1 aromatic rings. The lowest BCUT2D eigenvalue weighted by Gasteiger charge is -2.37. The highest BCUT2D eigenvalue weighted by molar-refractivity contribution is 6.30. The van der Waals surface area contributed by atoms with E-state index in [2.05, 4.69) is 4.90 Å². The molecular formula is C16H20ClNO3. The predicted octanol–water partition coefficient (Wildman–Crippen LogP) is 2.61. The first-order valence-corrected chi connectivity index (χ1v) is 8.06. The van der Waals surface area contributed by atoms with Gasteiger partial charge in [0.1, 0.15) is 5.75 Å². The van der Waals surface area contributed by atoms with Crippen molar-refractivity contribution in [3.8, 4) is 5.75 Å². The maximum absolute atomic E-state index is 6.23. The lowest BCUT2D eigenvalue weighted by Crippen LogP contribution is -2.44. The van der Waals surface area contributed by atoms with Gasteiger partial charge < -0.3 is 14.2 Å². The minimum Gasteiger partial charge on any atom is -0.493 e. The van der Waals surface area contributed by atoms with Crippen LogP contribution in [0.2, 0.25) is 5.02 Å². The summed E-state index contributed by atoms with van der Waals surface area (Å²) in [5, 5.41) is 0.810. The van der Waals surface area contributed by atoms with E-state index in [-0.39, 0.29) is 5.79 Å². The predicted molar refractivity (Wildman–Crippen MR) is 79.8 cm³/mol. The lowest BCUT2D eigenvalue weighted by molar-refractivity contribution is -0.185. The number of halogens is 1. The number of fused-ring (bicyclic) bond motifs is 1. The highest BCUT2D eigenvalue weighted by Crippen LogP contribution is 2.36. The summed E-state index contributed by atoms with van der Waals surface area (Å²) in [7, 11) is 0. The lowest BCUT2D eigenvalue weighted by atomic mass is 10.0. The van der Waals surface area contributed by atoms with Gasteiger partial charge in [0.2, 0.25) is 0 Å². The number of hydrogen-bond acceptors (Lipinski definition) is 4. The molecule has 4 rings (SSSR count). The first-order valence-electron chi connectivity index (χ1n) is 7.68. The summed E-state index contributed by atoms with van der Waals surface area (Å²) in [6.45, 7) is 5.10. The monoisotopic (exact) mass is 309 g/mol. The Morgan fingerprint density at radius 2 is 1.86 bits per heavy atom. The Balaban J connectivity index is 1.45. The molecule has 0 N–H and O–H groups in total. The number of nitrogens with zero attached hydrogens (tertiary/aromatic N) is 1. The van der Waals surface area contributed by atoms with Gasteiger partial charge >= 0.3 is 0 Å². The van der Waals surface area contributed by atoms with Crippen molar-refractivity contribution < 1.29 is 14.2 Å². The van der Waals surface area contributed by atoms with Crippen molar-refractivity contribution >= 4 is 11.6 Å². The zero-order valence-corrected chi connectivity index (χ0v) is 12.8. The number of likely N-dealkylation sites (tertiary alicyclic amines) is 1. The molecule has 21 heavy (non-hydrogen) atoms. The quantitative estimate of drug-likeness (QED) is 0.840. The molecule has 0 bridgehead atoms. The van der Waals surface area contributed by atoms with Crippen molar-refractivity contribution in [2.24, 2.45) is 0 Å². The molecule has 0 unspecified atom stereocenters. The first-order chi connectivity index (χ1) is 10.2. The second-order valence-electron chi connectivity index (χ2n) is 6.04. The molecule has 1 spiro atoms. The van der Waals surface area contributed by atoms with Crippen LogP contribution in [0.4, 0.5) is 0 Å². The van der Waals surface area contributed by atoms with E-state index >= 15 is 0 Å². The Bertz CT molecular complexity index is 533. The maximum Gasteiger partial charge on any atom is 0.170 e. The van der Waals surface area contributed by atoms with Crippen LogP contribution in [0.5, 0.6) is 5.75 Å². The smallest absolute Gasteiger partial charge is 0.170 e. The number of rotatable bonds is 2. The molecule has 0 atom stereocenters. The van der Waals surface area contributed by atoms with Gasteiger partial charge in [0.05, 0.1) is 19.8 Å². The van der Waals surface area contributed by atoms with Gasteiger partial charge in [-0.25, -0.2) is 0 Å². The van der Waals surface area contributed by atoms with Crippen molar-refractivity contribution in [3.63, 3.8) is 0 Å². The molecule has 1 aromatic carbocycles. The van der Waals surface area contributed by atoms with E-state index in [1.165, 1.54) is 11.1 Å². The van der Waals surface area contributed by atoms with Crippen LogP contribution in [0.3, 0.4) is 0 Å². The Hall–Kier alpha value is -0.810. The summed E-state index contributed by atoms with van der Waals surface area (Å²) >= 11 is 6.23. The molecule has 114 valence electrons. The fourth-order valence-electron chi connectivity index (χ4n) is 3.54. The standard InChI is InChI=1S/C16H20ClNO3/c17-14-9-12-1-6-19-15(12)13(10-14)11-18-4-2-16(3-5-18)20-7-8-21-16/h9-10H,1-8,11H2. The minimum absolute atomic E-state index is 0.302. The normalized spacial score (nSPS) is 24.2. The zero-order chi connectivity index (χ0) is 14.3. The summed E-state index contributed by atoms with van der Waals surface area (Å²) in [5.41, 5.74) is 2.45. The molecule has 0 amide bonds. The van der Waals surface area contributed by atoms with Gasteiger partial charge in [-0.1, -0.05) is 11.6 Å². The molecule has 0 aliphatic carbocycles. The van der Waals surface area contributed by atoms with Crippen molar-refractivity contribution in [2.45, 2.75) is 31.6 Å². The second-order valence-corrected chi connectivity index (χ2v) is 6.47. The molecule has 5 heteroatoms. The van der Waals surface area contributed by atoms with Crippen molar-refractivity contribution in [3.05, 3.63) is 28.3 Å². The van der Waals surface area contributed by atoms with Crippen LogP contribution in [0.1, 0.15) is 24.0 Å². The summed E-state index contributed by atoms with van der Waals surface area (Å²) in [6, 6.07) is 4.07. The van der Waals surface area contributed by atoms with Crippen LogP contribution < -0.4 is 4.74 Å². The maximum atomic E-state index is 6.23. The third-order valence-electron chi connectivity index (χ3n) is 4.65. The molecule has 3 aliphatic heterocycles. The number of hydrogen-bond donors (Lipinski definition) is 0. The van der Waals surface area contributed by atoms with Crippen LogP contribution >= 0.6 is 11.6 Å². The zero-order valence-electron chi connectivity index (χ0n) is 12.1. The Morgan fingerprint density at radius 3 is 2.62 bits per heavy atom. The van der Waals surface area contributed by atoms with Crippen molar-refractivity contribution in [1.82, 2.24) is 4.90 Å². The fourth-order valence-corrected chi connectivity index (χ4v) is 3.81. The van der Waals surface area contributed by atoms with E-state index in [0.29, 0.717) is 0 Å². The summed E-state index contributed by atoms with van der Waals surface area (Å²) < 4.78 is 17.3. The van der Waals surface area contributed by atoms with E-state index in [1.807, 2.05) is 12.1 Å². The summed E-state index contributed by atoms with van der Waals surface area (Å²) in [4.78, 5) is 2.43. The van der Waals surface area contributed by atoms with Gasteiger partial charge in [0.15, 0.2) is 5.79 Å². The average molecular weight is 310 g/mol. The molecular weight excluding hydrogens is 290 g/mol. The largest absolute Gasteiger partial charge is 0.493 e. The molecule has 0 saturated carbocycles. The van der Waals surface area contributed by atoms with Gasteiger partial charge in [0, 0.05) is 49.5 Å². The van der Waals surface area contributed by atoms with Gasteiger partial charge in [0.25, 0.3) is 0 Å². The van der Waals surface area contributed by atoms with E-state index in [0.717, 1.165) is 69.5 Å². The number of benzene rings is 1. The molecule has 3 aliphatic rings. The van der Waals surface area contributed by atoms with Crippen LogP contribution in [0.25, 0.3) is 0 Å².